The highest BCUT2D eigenvalue weighted by Gasteiger charge is 2.27. The number of hydrogen-bond acceptors (Lipinski definition) is 5. The van der Waals surface area contributed by atoms with E-state index in [9.17, 15) is 13.2 Å². The maximum absolute atomic E-state index is 13.1. The van der Waals surface area contributed by atoms with E-state index in [1.807, 2.05) is 0 Å². The molecule has 2 fully saturated rings. The summed E-state index contributed by atoms with van der Waals surface area (Å²) in [7, 11) is -3.55. The molecule has 1 unspecified atom stereocenters. The number of benzene rings is 1. The van der Waals surface area contributed by atoms with Gasteiger partial charge in [-0.25, -0.2) is 8.42 Å². The van der Waals surface area contributed by atoms with Crippen LogP contribution in [0, 0.1) is 6.92 Å². The minimum atomic E-state index is -3.55. The molecule has 2 aliphatic rings. The van der Waals surface area contributed by atoms with Crippen molar-refractivity contribution in [2.24, 2.45) is 0 Å². The molecule has 0 radical (unpaired) electrons. The highest BCUT2D eigenvalue weighted by atomic mass is 32.2. The monoisotopic (exact) mass is 420 g/mol. The predicted molar refractivity (Wildman–Crippen MR) is 109 cm³/mol. The number of amides is 1. The van der Waals surface area contributed by atoms with Crippen LogP contribution in [0.15, 0.2) is 27.5 Å². The fraction of sp³-hybridized carbons (Fsp3) is 0.571. The predicted octanol–water partition coefficient (Wildman–Crippen LogP) is 3.21. The Balaban J connectivity index is 1.57. The lowest BCUT2D eigenvalue weighted by molar-refractivity contribution is 0.0836. The maximum Gasteiger partial charge on any atom is 0.287 e. The fourth-order valence-corrected chi connectivity index (χ4v) is 5.64. The summed E-state index contributed by atoms with van der Waals surface area (Å²) in [4.78, 5) is 12.8. The summed E-state index contributed by atoms with van der Waals surface area (Å²) in [5.41, 5.74) is 1.16. The molecule has 1 atom stereocenters. The molecule has 1 aromatic heterocycles. The molecule has 4 rings (SSSR count). The SMILES string of the molecule is Cc1c(C(=O)NCC2CCCO2)oc2ccc(S(=O)(=O)N3CCCCCC3)cc12. The third-order valence-corrected chi connectivity index (χ3v) is 7.73. The van der Waals surface area contributed by atoms with Crippen LogP contribution in [0.3, 0.4) is 0 Å². The highest BCUT2D eigenvalue weighted by Crippen LogP contribution is 2.29. The van der Waals surface area contributed by atoms with E-state index in [0.29, 0.717) is 36.2 Å². The summed E-state index contributed by atoms with van der Waals surface area (Å²) in [5.74, 6) is -0.0755. The van der Waals surface area contributed by atoms with Crippen molar-refractivity contribution < 1.29 is 22.4 Å². The number of furan rings is 1. The van der Waals surface area contributed by atoms with Crippen molar-refractivity contribution in [3.8, 4) is 0 Å². The van der Waals surface area contributed by atoms with Crippen LogP contribution < -0.4 is 5.32 Å². The van der Waals surface area contributed by atoms with Gasteiger partial charge in [-0.15, -0.1) is 0 Å². The summed E-state index contributed by atoms with van der Waals surface area (Å²) >= 11 is 0. The van der Waals surface area contributed by atoms with Gasteiger partial charge >= 0.3 is 0 Å². The normalized spacial score (nSPS) is 21.3. The van der Waals surface area contributed by atoms with Gasteiger partial charge in [0.15, 0.2) is 5.76 Å². The fourth-order valence-electron chi connectivity index (χ4n) is 4.10. The van der Waals surface area contributed by atoms with E-state index in [4.69, 9.17) is 9.15 Å². The van der Waals surface area contributed by atoms with E-state index in [1.165, 1.54) is 0 Å². The number of aryl methyl sites for hydroxylation is 1. The van der Waals surface area contributed by atoms with Crippen LogP contribution in [-0.2, 0) is 14.8 Å². The minimum absolute atomic E-state index is 0.0500. The second-order valence-electron chi connectivity index (χ2n) is 7.88. The zero-order valence-electron chi connectivity index (χ0n) is 16.8. The Morgan fingerprint density at radius 3 is 2.62 bits per heavy atom. The summed E-state index contributed by atoms with van der Waals surface area (Å²) in [6, 6.07) is 4.84. The number of fused-ring (bicyclic) bond motifs is 1. The third kappa shape index (κ3) is 4.20. The molecule has 2 aliphatic heterocycles. The molecular formula is C21H28N2O5S. The molecule has 1 N–H and O–H groups in total. The van der Waals surface area contributed by atoms with E-state index in [1.54, 1.807) is 29.4 Å². The first-order chi connectivity index (χ1) is 14.0. The molecule has 0 bridgehead atoms. The molecule has 8 heteroatoms. The second-order valence-corrected chi connectivity index (χ2v) is 9.82. The van der Waals surface area contributed by atoms with Gasteiger partial charge in [0.1, 0.15) is 5.58 Å². The Labute approximate surface area is 171 Å². The average molecular weight is 421 g/mol. The van der Waals surface area contributed by atoms with Crippen LogP contribution in [0.4, 0.5) is 0 Å². The van der Waals surface area contributed by atoms with E-state index in [2.05, 4.69) is 5.32 Å². The van der Waals surface area contributed by atoms with Crippen LogP contribution in [0.1, 0.15) is 54.6 Å². The lowest BCUT2D eigenvalue weighted by Crippen LogP contribution is -2.32. The van der Waals surface area contributed by atoms with Gasteiger partial charge in [-0.2, -0.15) is 4.31 Å². The zero-order chi connectivity index (χ0) is 20.4. The molecule has 0 spiro atoms. The van der Waals surface area contributed by atoms with Gasteiger partial charge < -0.3 is 14.5 Å². The molecule has 3 heterocycles. The lowest BCUT2D eigenvalue weighted by atomic mass is 10.1. The molecule has 1 amide bonds. The number of sulfonamides is 1. The number of hydrogen-bond donors (Lipinski definition) is 1. The Morgan fingerprint density at radius 1 is 1.17 bits per heavy atom. The van der Waals surface area contributed by atoms with E-state index >= 15 is 0 Å². The Morgan fingerprint density at radius 2 is 1.93 bits per heavy atom. The molecular weight excluding hydrogens is 392 g/mol. The van der Waals surface area contributed by atoms with Gasteiger partial charge in [0.05, 0.1) is 11.0 Å². The first-order valence-electron chi connectivity index (χ1n) is 10.4. The van der Waals surface area contributed by atoms with Gasteiger partial charge in [0, 0.05) is 37.2 Å². The van der Waals surface area contributed by atoms with Gasteiger partial charge in [0.2, 0.25) is 10.0 Å². The third-order valence-electron chi connectivity index (χ3n) is 5.83. The van der Waals surface area contributed by atoms with Gasteiger partial charge in [0.25, 0.3) is 5.91 Å². The van der Waals surface area contributed by atoms with Crippen molar-refractivity contribution in [3.63, 3.8) is 0 Å². The maximum atomic E-state index is 13.1. The van der Waals surface area contributed by atoms with Crippen LogP contribution >= 0.6 is 0 Å². The Bertz CT molecular complexity index is 984. The molecule has 7 nitrogen and oxygen atoms in total. The first-order valence-corrected chi connectivity index (χ1v) is 11.8. The van der Waals surface area contributed by atoms with Crippen molar-refractivity contribution in [3.05, 3.63) is 29.5 Å². The van der Waals surface area contributed by atoms with Gasteiger partial charge in [-0.05, 0) is 50.8 Å². The quantitative estimate of drug-likeness (QED) is 0.802. The Hall–Kier alpha value is -1.90. The molecule has 158 valence electrons. The number of nitrogens with one attached hydrogen (secondary N) is 1. The summed E-state index contributed by atoms with van der Waals surface area (Å²) < 4.78 is 39.0. The summed E-state index contributed by atoms with van der Waals surface area (Å²) in [6.07, 6.45) is 5.92. The largest absolute Gasteiger partial charge is 0.451 e. The van der Waals surface area contributed by atoms with Crippen molar-refractivity contribution in [1.29, 1.82) is 0 Å². The summed E-state index contributed by atoms with van der Waals surface area (Å²) in [5, 5.41) is 3.52. The number of rotatable bonds is 5. The molecule has 0 saturated carbocycles. The van der Waals surface area contributed by atoms with Crippen LogP contribution in [-0.4, -0.2) is 51.0 Å². The molecule has 29 heavy (non-hydrogen) atoms. The van der Waals surface area contributed by atoms with Crippen molar-refractivity contribution >= 4 is 26.9 Å². The Kier molecular flexibility index (Phi) is 5.94. The average Bonchev–Trinajstić information content (AvgIpc) is 3.24. The standard InChI is InChI=1S/C21H28N2O5S/c1-15-18-13-17(29(25,26)23-10-4-2-3-5-11-23)8-9-19(18)28-20(15)21(24)22-14-16-7-6-12-27-16/h8-9,13,16H,2-7,10-12,14H2,1H3,(H,22,24). The van der Waals surface area contributed by atoms with Gasteiger partial charge in [-0.1, -0.05) is 12.8 Å². The van der Waals surface area contributed by atoms with E-state index in [0.717, 1.165) is 45.1 Å². The first kappa shape index (κ1) is 20.4. The molecule has 2 aromatic rings. The van der Waals surface area contributed by atoms with E-state index < -0.39 is 10.0 Å². The topological polar surface area (TPSA) is 88.8 Å². The number of nitrogens with zero attached hydrogens (tertiary/aromatic N) is 1. The van der Waals surface area contributed by atoms with Crippen LogP contribution in [0.5, 0.6) is 0 Å². The summed E-state index contributed by atoms with van der Waals surface area (Å²) in [6.45, 7) is 4.08. The second kappa shape index (κ2) is 8.45. The molecule has 2 saturated heterocycles. The zero-order valence-corrected chi connectivity index (χ0v) is 17.6. The van der Waals surface area contributed by atoms with Crippen molar-refractivity contribution in [2.75, 3.05) is 26.2 Å². The number of carbonyl (C=O) groups excluding carboxylic acids is 1. The van der Waals surface area contributed by atoms with Gasteiger partial charge in [-0.3, -0.25) is 4.79 Å². The number of ether oxygens (including phenoxy) is 1. The van der Waals surface area contributed by atoms with Crippen molar-refractivity contribution in [2.45, 2.75) is 56.4 Å². The molecule has 1 aromatic carbocycles. The highest BCUT2D eigenvalue weighted by molar-refractivity contribution is 7.89. The van der Waals surface area contributed by atoms with Crippen molar-refractivity contribution in [1.82, 2.24) is 9.62 Å². The van der Waals surface area contributed by atoms with Crippen LogP contribution in [0.25, 0.3) is 11.0 Å². The van der Waals surface area contributed by atoms with E-state index in [-0.39, 0.29) is 22.7 Å². The number of carbonyl (C=O) groups is 1. The van der Waals surface area contributed by atoms with Crippen LogP contribution in [0.2, 0.25) is 0 Å². The molecule has 0 aliphatic carbocycles. The minimum Gasteiger partial charge on any atom is -0.451 e. The lowest BCUT2D eigenvalue weighted by Gasteiger charge is -2.19. The smallest absolute Gasteiger partial charge is 0.287 e.